The molecule has 7 nitrogen and oxygen atoms in total. The predicted molar refractivity (Wildman–Crippen MR) is 51.4 cm³/mol. The van der Waals surface area contributed by atoms with Crippen molar-refractivity contribution >= 4 is 15.7 Å². The second-order valence-corrected chi connectivity index (χ2v) is 4.40. The van der Waals surface area contributed by atoms with Crippen LogP contribution in [0.2, 0.25) is 0 Å². The molecule has 0 saturated heterocycles. The molecule has 0 aliphatic heterocycles. The van der Waals surface area contributed by atoms with Gasteiger partial charge in [-0.15, -0.1) is 13.2 Å². The van der Waals surface area contributed by atoms with Gasteiger partial charge in [0.15, 0.2) is 5.75 Å². The van der Waals surface area contributed by atoms with Gasteiger partial charge in [0.2, 0.25) is 5.03 Å². The van der Waals surface area contributed by atoms with Crippen LogP contribution < -0.4 is 15.6 Å². The molecule has 1 heterocycles. The summed E-state index contributed by atoms with van der Waals surface area (Å²) in [6.45, 7) is 0. The number of primary sulfonamides is 1. The summed E-state index contributed by atoms with van der Waals surface area (Å²) >= 11 is 0. The van der Waals surface area contributed by atoms with Gasteiger partial charge in [0.05, 0.1) is 11.3 Å². The number of aromatic nitrogens is 1. The predicted octanol–water partition coefficient (Wildman–Crippen LogP) is 0.0815. The molecule has 0 spiro atoms. The van der Waals surface area contributed by atoms with Crippen LogP contribution in [0.15, 0.2) is 11.2 Å². The lowest BCUT2D eigenvalue weighted by molar-refractivity contribution is -0.275. The summed E-state index contributed by atoms with van der Waals surface area (Å²) in [5.74, 6) is -1.32. The van der Waals surface area contributed by atoms with E-state index in [1.54, 1.807) is 0 Å². The van der Waals surface area contributed by atoms with E-state index in [0.717, 1.165) is 0 Å². The first kappa shape index (κ1) is 14.0. The minimum atomic E-state index is -5.21. The molecular weight excluding hydrogens is 277 g/mol. The Morgan fingerprint density at radius 1 is 1.44 bits per heavy atom. The van der Waals surface area contributed by atoms with E-state index in [4.69, 9.17) is 11.0 Å². The molecule has 1 aromatic rings. The first-order chi connectivity index (χ1) is 8.06. The first-order valence-corrected chi connectivity index (χ1v) is 5.58. The van der Waals surface area contributed by atoms with Gasteiger partial charge in [-0.3, -0.25) is 0 Å². The number of pyridine rings is 1. The zero-order valence-corrected chi connectivity index (χ0v) is 9.21. The fourth-order valence-electron chi connectivity index (χ4n) is 0.995. The van der Waals surface area contributed by atoms with Gasteiger partial charge in [-0.25, -0.2) is 18.5 Å². The van der Waals surface area contributed by atoms with E-state index in [-0.39, 0.29) is 0 Å². The maximum atomic E-state index is 12.1. The number of nitrogens with two attached hydrogens (primary N) is 2. The number of nitrogens with zero attached hydrogens (tertiary/aromatic N) is 2. The number of anilines is 1. The Balaban J connectivity index is 3.57. The largest absolute Gasteiger partial charge is 0.573 e. The fraction of sp³-hybridized carbons (Fsp3) is 0.143. The molecule has 98 valence electrons. The molecular formula is C7H5F3N4O3S. The number of sulfonamides is 1. The highest BCUT2D eigenvalue weighted by Crippen LogP contribution is 2.34. The van der Waals surface area contributed by atoms with Crippen LogP contribution in [-0.2, 0) is 10.0 Å². The zero-order valence-electron chi connectivity index (χ0n) is 8.39. The molecule has 0 fully saturated rings. The van der Waals surface area contributed by atoms with E-state index in [9.17, 15) is 21.6 Å². The molecule has 0 aliphatic rings. The Hall–Kier alpha value is -2.06. The third kappa shape index (κ3) is 2.99. The minimum Gasteiger partial charge on any atom is -0.400 e. The highest BCUT2D eigenvalue weighted by molar-refractivity contribution is 7.89. The standard InChI is InChI=1S/C7H5F3N4O3S/c8-7(9,10)17-5-4(12)3(1-11)2-14-6(5)18(13,15)16/h2H,(H2,12,14)(H2,13,15,16). The molecule has 0 aromatic carbocycles. The normalized spacial score (nSPS) is 11.9. The van der Waals surface area contributed by atoms with Crippen molar-refractivity contribution in [3.8, 4) is 11.8 Å². The SMILES string of the molecule is N#Cc1cnc(S(N)(=O)=O)c(OC(F)(F)F)c1N. The van der Waals surface area contributed by atoms with Crippen molar-refractivity contribution in [1.82, 2.24) is 4.98 Å². The highest BCUT2D eigenvalue weighted by Gasteiger charge is 2.36. The third-order valence-corrected chi connectivity index (χ3v) is 2.48. The average Bonchev–Trinajstić information content (AvgIpc) is 2.17. The van der Waals surface area contributed by atoms with Gasteiger partial charge < -0.3 is 10.5 Å². The molecule has 1 aromatic heterocycles. The molecule has 0 saturated carbocycles. The third-order valence-electron chi connectivity index (χ3n) is 1.65. The van der Waals surface area contributed by atoms with E-state index in [2.05, 4.69) is 14.9 Å². The number of nitriles is 1. The Kier molecular flexibility index (Phi) is 3.36. The monoisotopic (exact) mass is 282 g/mol. The summed E-state index contributed by atoms with van der Waals surface area (Å²) in [7, 11) is -4.58. The van der Waals surface area contributed by atoms with Crippen LogP contribution in [0, 0.1) is 11.3 Å². The first-order valence-electron chi connectivity index (χ1n) is 4.03. The summed E-state index contributed by atoms with van der Waals surface area (Å²) < 4.78 is 61.8. The number of halogens is 3. The average molecular weight is 282 g/mol. The summed E-state index contributed by atoms with van der Waals surface area (Å²) in [5.41, 5.74) is 3.91. The number of alkyl halides is 3. The van der Waals surface area contributed by atoms with Crippen LogP contribution in [0.25, 0.3) is 0 Å². The fourth-order valence-corrected chi connectivity index (χ4v) is 1.60. The van der Waals surface area contributed by atoms with Crippen LogP contribution in [0.5, 0.6) is 5.75 Å². The van der Waals surface area contributed by atoms with Gasteiger partial charge in [-0.1, -0.05) is 0 Å². The second kappa shape index (κ2) is 4.31. The van der Waals surface area contributed by atoms with Crippen LogP contribution >= 0.6 is 0 Å². The summed E-state index contributed by atoms with van der Waals surface area (Å²) in [6.07, 6.45) is -4.53. The number of nitrogen functional groups attached to an aromatic ring is 1. The van der Waals surface area contributed by atoms with E-state index in [1.807, 2.05) is 0 Å². The quantitative estimate of drug-likeness (QED) is 0.789. The molecule has 4 N–H and O–H groups in total. The molecule has 1 rings (SSSR count). The van der Waals surface area contributed by atoms with Crippen LogP contribution in [0.4, 0.5) is 18.9 Å². The Morgan fingerprint density at radius 2 is 2.00 bits per heavy atom. The lowest BCUT2D eigenvalue weighted by Crippen LogP contribution is -2.23. The molecule has 0 unspecified atom stereocenters. The number of ether oxygens (including phenoxy) is 1. The molecule has 11 heteroatoms. The maximum Gasteiger partial charge on any atom is 0.573 e. The molecule has 0 aliphatic carbocycles. The van der Waals surface area contributed by atoms with E-state index in [0.29, 0.717) is 6.20 Å². The molecule has 0 bridgehead atoms. The Bertz CT molecular complexity index is 620. The number of hydrogen-bond donors (Lipinski definition) is 2. The van der Waals surface area contributed by atoms with E-state index < -0.39 is 38.4 Å². The van der Waals surface area contributed by atoms with Gasteiger partial charge in [-0.05, 0) is 0 Å². The van der Waals surface area contributed by atoms with Gasteiger partial charge in [0.25, 0.3) is 10.0 Å². The van der Waals surface area contributed by atoms with Crippen molar-refractivity contribution in [1.29, 1.82) is 5.26 Å². The topological polar surface area (TPSA) is 132 Å². The van der Waals surface area contributed by atoms with Gasteiger partial charge in [0.1, 0.15) is 6.07 Å². The lowest BCUT2D eigenvalue weighted by atomic mass is 10.2. The minimum absolute atomic E-state index is 0.471. The number of rotatable bonds is 2. The maximum absolute atomic E-state index is 12.1. The second-order valence-electron chi connectivity index (χ2n) is 2.92. The molecule has 0 radical (unpaired) electrons. The van der Waals surface area contributed by atoms with Gasteiger partial charge in [0, 0.05) is 6.20 Å². The van der Waals surface area contributed by atoms with Crippen LogP contribution in [-0.4, -0.2) is 19.8 Å². The van der Waals surface area contributed by atoms with Crippen molar-refractivity contribution in [2.24, 2.45) is 5.14 Å². The van der Waals surface area contributed by atoms with Crippen LogP contribution in [0.3, 0.4) is 0 Å². The smallest absolute Gasteiger partial charge is 0.400 e. The van der Waals surface area contributed by atoms with Crippen molar-refractivity contribution in [2.45, 2.75) is 11.4 Å². The van der Waals surface area contributed by atoms with Gasteiger partial charge in [-0.2, -0.15) is 5.26 Å². The Labute approximate surface area is 98.8 Å². The van der Waals surface area contributed by atoms with Crippen molar-refractivity contribution in [2.75, 3.05) is 5.73 Å². The van der Waals surface area contributed by atoms with Crippen molar-refractivity contribution in [3.05, 3.63) is 11.8 Å². The van der Waals surface area contributed by atoms with E-state index >= 15 is 0 Å². The van der Waals surface area contributed by atoms with E-state index in [1.165, 1.54) is 6.07 Å². The lowest BCUT2D eigenvalue weighted by Gasteiger charge is -2.13. The van der Waals surface area contributed by atoms with Crippen molar-refractivity contribution < 1.29 is 26.3 Å². The van der Waals surface area contributed by atoms with Gasteiger partial charge >= 0.3 is 6.36 Å². The molecule has 18 heavy (non-hydrogen) atoms. The molecule has 0 atom stereocenters. The summed E-state index contributed by atoms with van der Waals surface area (Å²) in [5, 5.41) is 12.0. The summed E-state index contributed by atoms with van der Waals surface area (Å²) in [4.78, 5) is 3.13. The molecule has 0 amide bonds. The zero-order chi connectivity index (χ0) is 14.1. The number of hydrogen-bond acceptors (Lipinski definition) is 6. The highest BCUT2D eigenvalue weighted by atomic mass is 32.2. The van der Waals surface area contributed by atoms with Crippen LogP contribution in [0.1, 0.15) is 5.56 Å². The van der Waals surface area contributed by atoms with Crippen molar-refractivity contribution in [3.63, 3.8) is 0 Å². The summed E-state index contributed by atoms with van der Waals surface area (Å²) in [6, 6.07) is 1.43. The Morgan fingerprint density at radius 3 is 2.39 bits per heavy atom.